The SMILES string of the molecule is COc1ccc(C2C3COCC3C2c2ccc(OC)cc2)cc1. The van der Waals surface area contributed by atoms with Crippen molar-refractivity contribution in [1.29, 1.82) is 0 Å². The van der Waals surface area contributed by atoms with E-state index in [1.165, 1.54) is 11.1 Å². The van der Waals surface area contributed by atoms with Crippen LogP contribution in [0, 0.1) is 11.8 Å². The molecule has 0 aromatic heterocycles. The lowest BCUT2D eigenvalue weighted by atomic mass is 9.54. The maximum absolute atomic E-state index is 5.78. The molecule has 3 nitrogen and oxygen atoms in total. The standard InChI is InChI=1S/C20H22O3/c1-21-15-7-3-13(4-8-15)19-17-11-23-12-18(17)20(19)14-5-9-16(22-2)10-6-14/h3-10,17-20H,11-12H2,1-2H3. The van der Waals surface area contributed by atoms with Gasteiger partial charge in [-0.25, -0.2) is 0 Å². The van der Waals surface area contributed by atoms with Crippen molar-refractivity contribution >= 4 is 0 Å². The van der Waals surface area contributed by atoms with E-state index in [-0.39, 0.29) is 0 Å². The third-order valence-electron chi connectivity index (χ3n) is 5.48. The minimum atomic E-state index is 0.529. The van der Waals surface area contributed by atoms with Gasteiger partial charge in [-0.15, -0.1) is 0 Å². The molecule has 0 amide bonds. The molecule has 3 heteroatoms. The van der Waals surface area contributed by atoms with Crippen molar-refractivity contribution in [3.8, 4) is 11.5 Å². The summed E-state index contributed by atoms with van der Waals surface area (Å²) >= 11 is 0. The van der Waals surface area contributed by atoms with Crippen molar-refractivity contribution in [2.45, 2.75) is 11.8 Å². The smallest absolute Gasteiger partial charge is 0.118 e. The summed E-state index contributed by atoms with van der Waals surface area (Å²) in [5.41, 5.74) is 2.77. The third kappa shape index (κ3) is 2.40. The monoisotopic (exact) mass is 310 g/mol. The van der Waals surface area contributed by atoms with Gasteiger partial charge in [0.25, 0.3) is 0 Å². The number of hydrogen-bond donors (Lipinski definition) is 0. The number of hydrogen-bond acceptors (Lipinski definition) is 3. The van der Waals surface area contributed by atoms with Gasteiger partial charge in [0.05, 0.1) is 27.4 Å². The van der Waals surface area contributed by atoms with Crippen LogP contribution in [-0.2, 0) is 4.74 Å². The average Bonchev–Trinajstić information content (AvgIpc) is 3.00. The fourth-order valence-corrected chi connectivity index (χ4v) is 4.28. The first-order valence-electron chi connectivity index (χ1n) is 8.17. The molecular weight excluding hydrogens is 288 g/mol. The van der Waals surface area contributed by atoms with E-state index in [0.29, 0.717) is 23.7 Å². The van der Waals surface area contributed by atoms with Crippen molar-refractivity contribution in [2.75, 3.05) is 27.4 Å². The molecule has 0 radical (unpaired) electrons. The van der Waals surface area contributed by atoms with Crippen LogP contribution in [0.3, 0.4) is 0 Å². The molecule has 1 aliphatic heterocycles. The first kappa shape index (κ1) is 14.6. The second kappa shape index (κ2) is 5.89. The van der Waals surface area contributed by atoms with Crippen LogP contribution in [0.4, 0.5) is 0 Å². The first-order chi connectivity index (χ1) is 11.3. The van der Waals surface area contributed by atoms with E-state index in [2.05, 4.69) is 48.5 Å². The number of rotatable bonds is 4. The third-order valence-corrected chi connectivity index (χ3v) is 5.48. The Labute approximate surface area is 137 Å². The van der Waals surface area contributed by atoms with Crippen LogP contribution in [-0.4, -0.2) is 27.4 Å². The topological polar surface area (TPSA) is 27.7 Å². The molecule has 2 fully saturated rings. The van der Waals surface area contributed by atoms with Crippen LogP contribution in [0.5, 0.6) is 11.5 Å². The van der Waals surface area contributed by atoms with E-state index in [0.717, 1.165) is 24.7 Å². The molecule has 4 rings (SSSR count). The predicted octanol–water partition coefficient (Wildman–Crippen LogP) is 3.85. The molecule has 1 saturated heterocycles. The fourth-order valence-electron chi connectivity index (χ4n) is 4.28. The summed E-state index contributed by atoms with van der Waals surface area (Å²) in [4.78, 5) is 0. The van der Waals surface area contributed by atoms with Crippen molar-refractivity contribution in [1.82, 2.24) is 0 Å². The number of methoxy groups -OCH3 is 2. The Hall–Kier alpha value is -2.00. The summed E-state index contributed by atoms with van der Waals surface area (Å²) in [6, 6.07) is 17.0. The molecule has 23 heavy (non-hydrogen) atoms. The Morgan fingerprint density at radius 2 is 1.09 bits per heavy atom. The van der Waals surface area contributed by atoms with Crippen LogP contribution in [0.15, 0.2) is 48.5 Å². The minimum absolute atomic E-state index is 0.529. The Morgan fingerprint density at radius 3 is 1.43 bits per heavy atom. The lowest BCUT2D eigenvalue weighted by molar-refractivity contribution is 0.142. The van der Waals surface area contributed by atoms with E-state index >= 15 is 0 Å². The number of ether oxygens (including phenoxy) is 3. The number of fused-ring (bicyclic) bond motifs is 1. The minimum Gasteiger partial charge on any atom is -0.497 e. The van der Waals surface area contributed by atoms with Crippen LogP contribution in [0.25, 0.3) is 0 Å². The summed E-state index contributed by atoms with van der Waals surface area (Å²) < 4.78 is 16.3. The highest BCUT2D eigenvalue weighted by Crippen LogP contribution is 2.60. The molecule has 0 N–H and O–H groups in total. The quantitative estimate of drug-likeness (QED) is 0.858. The number of benzene rings is 2. The van der Waals surface area contributed by atoms with Gasteiger partial charge >= 0.3 is 0 Å². The highest BCUT2D eigenvalue weighted by molar-refractivity contribution is 5.40. The second-order valence-corrected chi connectivity index (χ2v) is 6.46. The zero-order chi connectivity index (χ0) is 15.8. The second-order valence-electron chi connectivity index (χ2n) is 6.46. The Balaban J connectivity index is 1.65. The summed E-state index contributed by atoms with van der Waals surface area (Å²) in [6.07, 6.45) is 0. The zero-order valence-corrected chi connectivity index (χ0v) is 13.6. The summed E-state index contributed by atoms with van der Waals surface area (Å²) in [5, 5.41) is 0. The molecule has 1 saturated carbocycles. The van der Waals surface area contributed by atoms with E-state index < -0.39 is 0 Å². The largest absolute Gasteiger partial charge is 0.497 e. The molecule has 0 spiro atoms. The Kier molecular flexibility index (Phi) is 3.74. The van der Waals surface area contributed by atoms with Crippen LogP contribution >= 0.6 is 0 Å². The lowest BCUT2D eigenvalue weighted by Gasteiger charge is -2.48. The molecule has 4 unspecified atom stereocenters. The molecule has 1 aliphatic carbocycles. The van der Waals surface area contributed by atoms with Crippen molar-refractivity contribution in [3.05, 3.63) is 59.7 Å². The molecule has 0 bridgehead atoms. The lowest BCUT2D eigenvalue weighted by Crippen LogP contribution is -2.42. The highest BCUT2D eigenvalue weighted by atomic mass is 16.5. The average molecular weight is 310 g/mol. The predicted molar refractivity (Wildman–Crippen MR) is 89.3 cm³/mol. The molecule has 2 aliphatic rings. The highest BCUT2D eigenvalue weighted by Gasteiger charge is 2.54. The first-order valence-corrected chi connectivity index (χ1v) is 8.17. The van der Waals surface area contributed by atoms with Gasteiger partial charge in [-0.05, 0) is 59.1 Å². The van der Waals surface area contributed by atoms with E-state index in [1.54, 1.807) is 14.2 Å². The molecule has 1 heterocycles. The van der Waals surface area contributed by atoms with Crippen molar-refractivity contribution in [2.24, 2.45) is 11.8 Å². The van der Waals surface area contributed by atoms with Gasteiger partial charge < -0.3 is 14.2 Å². The van der Waals surface area contributed by atoms with Gasteiger partial charge in [-0.3, -0.25) is 0 Å². The van der Waals surface area contributed by atoms with Crippen molar-refractivity contribution < 1.29 is 14.2 Å². The molecule has 120 valence electrons. The van der Waals surface area contributed by atoms with Gasteiger partial charge in [0.15, 0.2) is 0 Å². The summed E-state index contributed by atoms with van der Waals surface area (Å²) in [5.74, 6) is 4.15. The van der Waals surface area contributed by atoms with E-state index in [1.807, 2.05) is 0 Å². The fraction of sp³-hybridized carbons (Fsp3) is 0.400. The van der Waals surface area contributed by atoms with Crippen molar-refractivity contribution in [3.63, 3.8) is 0 Å². The summed E-state index contributed by atoms with van der Waals surface area (Å²) in [7, 11) is 3.42. The van der Waals surface area contributed by atoms with Crippen LogP contribution in [0.2, 0.25) is 0 Å². The maximum atomic E-state index is 5.78. The van der Waals surface area contributed by atoms with Crippen LogP contribution < -0.4 is 9.47 Å². The van der Waals surface area contributed by atoms with Gasteiger partial charge in [-0.2, -0.15) is 0 Å². The molecule has 2 aromatic rings. The van der Waals surface area contributed by atoms with E-state index in [9.17, 15) is 0 Å². The van der Waals surface area contributed by atoms with Gasteiger partial charge in [0.1, 0.15) is 11.5 Å². The Morgan fingerprint density at radius 1 is 0.696 bits per heavy atom. The summed E-state index contributed by atoms with van der Waals surface area (Å²) in [6.45, 7) is 1.77. The van der Waals surface area contributed by atoms with Gasteiger partial charge in [-0.1, -0.05) is 24.3 Å². The zero-order valence-electron chi connectivity index (χ0n) is 13.6. The Bertz CT molecular complexity index is 603. The van der Waals surface area contributed by atoms with E-state index in [4.69, 9.17) is 14.2 Å². The van der Waals surface area contributed by atoms with Gasteiger partial charge in [0.2, 0.25) is 0 Å². The van der Waals surface area contributed by atoms with Gasteiger partial charge in [0, 0.05) is 0 Å². The molecular formula is C20H22O3. The molecule has 2 aromatic carbocycles. The van der Waals surface area contributed by atoms with Crippen LogP contribution in [0.1, 0.15) is 23.0 Å². The maximum Gasteiger partial charge on any atom is 0.118 e. The molecule has 4 atom stereocenters. The normalized spacial score (nSPS) is 28.8.